The van der Waals surface area contributed by atoms with Gasteiger partial charge < -0.3 is 9.15 Å². The van der Waals surface area contributed by atoms with Gasteiger partial charge in [0, 0.05) is 17.0 Å². The van der Waals surface area contributed by atoms with Crippen LogP contribution in [0.15, 0.2) is 51.7 Å². The fourth-order valence-corrected chi connectivity index (χ4v) is 2.55. The molecule has 0 fully saturated rings. The molecular weight excluding hydrogens is 290 g/mol. The third-order valence-corrected chi connectivity index (χ3v) is 3.77. The minimum Gasteiger partial charge on any atom is -0.488 e. The number of hydrogen-bond donors (Lipinski definition) is 0. The van der Waals surface area contributed by atoms with Gasteiger partial charge in [0.25, 0.3) is 0 Å². The van der Waals surface area contributed by atoms with Crippen molar-refractivity contribution in [2.75, 3.05) is 0 Å². The molecule has 23 heavy (non-hydrogen) atoms. The van der Waals surface area contributed by atoms with Gasteiger partial charge in [0.05, 0.1) is 11.6 Å². The van der Waals surface area contributed by atoms with E-state index in [2.05, 4.69) is 6.07 Å². The van der Waals surface area contributed by atoms with E-state index in [1.165, 1.54) is 6.07 Å². The van der Waals surface area contributed by atoms with Crippen LogP contribution in [0.4, 0.5) is 0 Å². The summed E-state index contributed by atoms with van der Waals surface area (Å²) >= 11 is 0. The maximum Gasteiger partial charge on any atom is 0.336 e. The van der Waals surface area contributed by atoms with Crippen LogP contribution in [0.2, 0.25) is 0 Å². The first-order valence-electron chi connectivity index (χ1n) is 7.24. The summed E-state index contributed by atoms with van der Waals surface area (Å²) in [6.45, 7) is 4.09. The van der Waals surface area contributed by atoms with E-state index >= 15 is 0 Å². The Kier molecular flexibility index (Phi) is 3.86. The molecule has 0 aliphatic rings. The normalized spacial score (nSPS) is 10.5. The lowest BCUT2D eigenvalue weighted by Gasteiger charge is -2.11. The predicted molar refractivity (Wildman–Crippen MR) is 87.4 cm³/mol. The van der Waals surface area contributed by atoms with Crippen LogP contribution in [-0.2, 0) is 6.61 Å². The van der Waals surface area contributed by atoms with Crippen LogP contribution in [0.3, 0.4) is 0 Å². The van der Waals surface area contributed by atoms with Crippen molar-refractivity contribution in [3.05, 3.63) is 75.1 Å². The van der Waals surface area contributed by atoms with Gasteiger partial charge in [-0.05, 0) is 49.2 Å². The number of ether oxygens (including phenoxy) is 1. The average Bonchev–Trinajstić information content (AvgIpc) is 2.55. The largest absolute Gasteiger partial charge is 0.488 e. The molecule has 3 aromatic rings. The molecule has 0 aliphatic carbocycles. The first kappa shape index (κ1) is 14.9. The number of nitriles is 1. The summed E-state index contributed by atoms with van der Waals surface area (Å²) in [6, 6.07) is 14.6. The maximum atomic E-state index is 11.6. The van der Waals surface area contributed by atoms with Crippen molar-refractivity contribution in [2.24, 2.45) is 0 Å². The van der Waals surface area contributed by atoms with Crippen LogP contribution in [0.1, 0.15) is 22.3 Å². The molecule has 0 N–H and O–H groups in total. The van der Waals surface area contributed by atoms with Crippen molar-refractivity contribution < 1.29 is 9.15 Å². The minimum atomic E-state index is -0.364. The molecule has 2 aromatic carbocycles. The minimum absolute atomic E-state index is 0.345. The summed E-state index contributed by atoms with van der Waals surface area (Å²) in [6.07, 6.45) is 0. The molecular formula is C19H15NO3. The molecule has 4 nitrogen and oxygen atoms in total. The molecule has 0 saturated heterocycles. The summed E-state index contributed by atoms with van der Waals surface area (Å²) in [5, 5.41) is 9.83. The second kappa shape index (κ2) is 5.98. The Morgan fingerprint density at radius 1 is 1.17 bits per heavy atom. The van der Waals surface area contributed by atoms with Crippen LogP contribution in [0, 0.1) is 25.2 Å². The number of rotatable bonds is 3. The fourth-order valence-electron chi connectivity index (χ4n) is 2.55. The number of aryl methyl sites for hydroxylation is 2. The molecule has 0 atom stereocenters. The molecule has 4 heteroatoms. The topological polar surface area (TPSA) is 63.2 Å². The zero-order valence-corrected chi connectivity index (χ0v) is 12.9. The van der Waals surface area contributed by atoms with Gasteiger partial charge in [0.15, 0.2) is 0 Å². The lowest BCUT2D eigenvalue weighted by Crippen LogP contribution is -2.01. The summed E-state index contributed by atoms with van der Waals surface area (Å²) in [7, 11) is 0. The van der Waals surface area contributed by atoms with Crippen LogP contribution >= 0.6 is 0 Å². The smallest absolute Gasteiger partial charge is 0.336 e. The van der Waals surface area contributed by atoms with Crippen LogP contribution in [0.25, 0.3) is 11.0 Å². The molecule has 0 saturated carbocycles. The van der Waals surface area contributed by atoms with E-state index in [4.69, 9.17) is 14.4 Å². The molecule has 0 unspecified atom stereocenters. The van der Waals surface area contributed by atoms with Crippen LogP contribution in [-0.4, -0.2) is 0 Å². The Labute approximate surface area is 133 Å². The molecule has 114 valence electrons. The Bertz CT molecular complexity index is 980. The van der Waals surface area contributed by atoms with Crippen molar-refractivity contribution in [3.63, 3.8) is 0 Å². The molecule has 0 radical (unpaired) electrons. The zero-order chi connectivity index (χ0) is 16.4. The highest BCUT2D eigenvalue weighted by molar-refractivity contribution is 5.84. The number of nitrogens with zero attached hydrogens (tertiary/aromatic N) is 1. The van der Waals surface area contributed by atoms with Gasteiger partial charge in [-0.15, -0.1) is 0 Å². The fraction of sp³-hybridized carbons (Fsp3) is 0.158. The molecule has 0 bridgehead atoms. The summed E-state index contributed by atoms with van der Waals surface area (Å²) in [5.74, 6) is 0.661. The summed E-state index contributed by atoms with van der Waals surface area (Å²) in [5.41, 5.74) is 3.37. The van der Waals surface area contributed by atoms with Gasteiger partial charge in [-0.25, -0.2) is 4.79 Å². The third-order valence-electron chi connectivity index (χ3n) is 3.77. The zero-order valence-electron chi connectivity index (χ0n) is 12.9. The quantitative estimate of drug-likeness (QED) is 0.689. The van der Waals surface area contributed by atoms with E-state index in [0.29, 0.717) is 23.5 Å². The summed E-state index contributed by atoms with van der Waals surface area (Å²) in [4.78, 5) is 11.6. The SMILES string of the molecule is Cc1cc(=O)oc2c(C)c(OCc3cccc(C#N)c3)ccc12. The van der Waals surface area contributed by atoms with E-state index in [1.807, 2.05) is 38.1 Å². The Morgan fingerprint density at radius 2 is 2.00 bits per heavy atom. The van der Waals surface area contributed by atoms with Gasteiger partial charge >= 0.3 is 5.63 Å². The van der Waals surface area contributed by atoms with Crippen molar-refractivity contribution in [2.45, 2.75) is 20.5 Å². The maximum absolute atomic E-state index is 11.6. The number of fused-ring (bicyclic) bond motifs is 1. The van der Waals surface area contributed by atoms with Gasteiger partial charge in [-0.3, -0.25) is 0 Å². The lowest BCUT2D eigenvalue weighted by atomic mass is 10.1. The highest BCUT2D eigenvalue weighted by atomic mass is 16.5. The van der Waals surface area contributed by atoms with Crippen LogP contribution in [0.5, 0.6) is 5.75 Å². The first-order valence-corrected chi connectivity index (χ1v) is 7.24. The van der Waals surface area contributed by atoms with Crippen molar-refractivity contribution in [1.82, 2.24) is 0 Å². The van der Waals surface area contributed by atoms with Gasteiger partial charge in [-0.2, -0.15) is 5.26 Å². The van der Waals surface area contributed by atoms with Crippen molar-refractivity contribution >= 4 is 11.0 Å². The highest BCUT2D eigenvalue weighted by Crippen LogP contribution is 2.28. The van der Waals surface area contributed by atoms with Crippen molar-refractivity contribution in [1.29, 1.82) is 5.26 Å². The monoisotopic (exact) mass is 305 g/mol. The van der Waals surface area contributed by atoms with Crippen LogP contribution < -0.4 is 10.4 Å². The predicted octanol–water partition coefficient (Wildman–Crippen LogP) is 3.86. The van der Waals surface area contributed by atoms with E-state index in [-0.39, 0.29) is 5.63 Å². The molecule has 0 amide bonds. The third kappa shape index (κ3) is 2.95. The number of hydrogen-bond acceptors (Lipinski definition) is 4. The van der Waals surface area contributed by atoms with E-state index < -0.39 is 0 Å². The second-order valence-electron chi connectivity index (χ2n) is 5.41. The van der Waals surface area contributed by atoms with Crippen molar-refractivity contribution in [3.8, 4) is 11.8 Å². The Hall–Kier alpha value is -3.06. The van der Waals surface area contributed by atoms with Gasteiger partial charge in [0.2, 0.25) is 0 Å². The Morgan fingerprint density at radius 3 is 2.78 bits per heavy atom. The van der Waals surface area contributed by atoms with E-state index in [0.717, 1.165) is 22.1 Å². The molecule has 1 aromatic heterocycles. The summed E-state index contributed by atoms with van der Waals surface area (Å²) < 4.78 is 11.2. The lowest BCUT2D eigenvalue weighted by molar-refractivity contribution is 0.304. The molecule has 1 heterocycles. The second-order valence-corrected chi connectivity index (χ2v) is 5.41. The first-order chi connectivity index (χ1) is 11.1. The Balaban J connectivity index is 1.93. The molecule has 0 spiro atoms. The van der Waals surface area contributed by atoms with Gasteiger partial charge in [-0.1, -0.05) is 12.1 Å². The van der Waals surface area contributed by atoms with Gasteiger partial charge in [0.1, 0.15) is 17.9 Å². The number of benzene rings is 2. The van der Waals surface area contributed by atoms with E-state index in [1.54, 1.807) is 12.1 Å². The standard InChI is InChI=1S/C19H15NO3/c1-12-8-18(21)23-19-13(2)17(7-6-16(12)19)22-11-15-5-3-4-14(9-15)10-20/h3-9H,11H2,1-2H3. The molecule has 0 aliphatic heterocycles. The molecule has 3 rings (SSSR count). The highest BCUT2D eigenvalue weighted by Gasteiger charge is 2.10. The average molecular weight is 305 g/mol. The van der Waals surface area contributed by atoms with E-state index in [9.17, 15) is 4.79 Å².